The third-order valence-electron chi connectivity index (χ3n) is 10.9. The second-order valence-electron chi connectivity index (χ2n) is 14.3. The number of rotatable bonds is 13. The zero-order chi connectivity index (χ0) is 37.3. The number of nitrogens with one attached hydrogen (secondary N) is 1. The lowest BCUT2D eigenvalue weighted by Gasteiger charge is -2.48. The molecular formula is C43H43BrN4O5S. The molecule has 4 heterocycles. The molecule has 2 fully saturated rings. The van der Waals surface area contributed by atoms with Gasteiger partial charge in [0.25, 0.3) is 5.91 Å². The first kappa shape index (κ1) is 36.2. The number of nitrogens with zero attached hydrogens (tertiary/aromatic N) is 3. The van der Waals surface area contributed by atoms with Crippen molar-refractivity contribution in [3.05, 3.63) is 113 Å². The molecule has 0 aliphatic carbocycles. The van der Waals surface area contributed by atoms with Crippen LogP contribution in [-0.4, -0.2) is 78.5 Å². The van der Waals surface area contributed by atoms with Crippen LogP contribution in [0.25, 0.3) is 20.5 Å². The molecule has 1 unspecified atom stereocenters. The van der Waals surface area contributed by atoms with Crippen molar-refractivity contribution >= 4 is 55.2 Å². The summed E-state index contributed by atoms with van der Waals surface area (Å²) in [5.74, 6) is 2.50. The highest BCUT2D eigenvalue weighted by molar-refractivity contribution is 9.10. The lowest BCUT2D eigenvalue weighted by atomic mass is 9.99. The van der Waals surface area contributed by atoms with Crippen molar-refractivity contribution in [3.8, 4) is 33.4 Å². The number of halogens is 1. The van der Waals surface area contributed by atoms with Gasteiger partial charge in [-0.25, -0.2) is 0 Å². The summed E-state index contributed by atoms with van der Waals surface area (Å²) >= 11 is 5.13. The topological polar surface area (TPSA) is 94.6 Å². The average molecular weight is 808 g/mol. The van der Waals surface area contributed by atoms with E-state index in [1.807, 2.05) is 61.6 Å². The number of carbonyl (C=O) groups is 2. The van der Waals surface area contributed by atoms with Crippen molar-refractivity contribution < 1.29 is 24.2 Å². The van der Waals surface area contributed by atoms with Gasteiger partial charge in [-0.2, -0.15) is 0 Å². The predicted molar refractivity (Wildman–Crippen MR) is 218 cm³/mol. The van der Waals surface area contributed by atoms with Crippen LogP contribution in [0.1, 0.15) is 41.6 Å². The highest BCUT2D eigenvalue weighted by atomic mass is 79.9. The van der Waals surface area contributed by atoms with Crippen molar-refractivity contribution in [2.75, 3.05) is 38.1 Å². The van der Waals surface area contributed by atoms with Crippen LogP contribution in [0, 0.1) is 0 Å². The Labute approximate surface area is 327 Å². The first-order valence-corrected chi connectivity index (χ1v) is 20.1. The number of anilines is 1. The summed E-state index contributed by atoms with van der Waals surface area (Å²) in [5, 5.41) is 14.1. The number of carbonyl (C=O) groups excluding carboxylic acids is 2. The Morgan fingerprint density at radius 1 is 1.02 bits per heavy atom. The molecule has 8 rings (SSSR count). The van der Waals surface area contributed by atoms with Crippen LogP contribution in [0.5, 0.6) is 23.0 Å². The minimum Gasteiger partial charge on any atom is -0.508 e. The Morgan fingerprint density at radius 3 is 2.48 bits per heavy atom. The molecule has 54 heavy (non-hydrogen) atoms. The number of aldehydes is 1. The number of aromatic hydroxyl groups is 1. The fraction of sp³-hybridized carbons (Fsp3) is 0.302. The number of hydrogen-bond acceptors (Lipinski definition) is 9. The average Bonchev–Trinajstić information content (AvgIpc) is 3.68. The fourth-order valence-electron chi connectivity index (χ4n) is 7.65. The van der Waals surface area contributed by atoms with Gasteiger partial charge in [0, 0.05) is 77.3 Å². The third-order valence-corrected chi connectivity index (χ3v) is 12.6. The minimum absolute atomic E-state index is 0.0691. The van der Waals surface area contributed by atoms with Crippen molar-refractivity contribution in [2.24, 2.45) is 0 Å². The van der Waals surface area contributed by atoms with Crippen LogP contribution in [0.15, 0.2) is 102 Å². The van der Waals surface area contributed by atoms with Gasteiger partial charge in [0.1, 0.15) is 29.6 Å². The molecule has 0 saturated carbocycles. The van der Waals surface area contributed by atoms with Crippen LogP contribution < -0.4 is 19.7 Å². The van der Waals surface area contributed by atoms with Crippen molar-refractivity contribution in [1.82, 2.24) is 15.1 Å². The first-order valence-electron chi connectivity index (χ1n) is 18.5. The highest BCUT2D eigenvalue weighted by Gasteiger charge is 2.37. The number of ether oxygens (including phenoxy) is 2. The Bertz CT molecular complexity index is 2170. The lowest BCUT2D eigenvalue weighted by Crippen LogP contribution is -2.61. The Morgan fingerprint density at radius 2 is 1.76 bits per heavy atom. The molecule has 0 radical (unpaired) electrons. The number of fused-ring (bicyclic) bond motifs is 2. The van der Waals surface area contributed by atoms with Crippen LogP contribution in [0.3, 0.4) is 0 Å². The molecule has 1 amide bonds. The van der Waals surface area contributed by atoms with Gasteiger partial charge in [0.2, 0.25) is 0 Å². The normalized spacial score (nSPS) is 17.0. The molecule has 4 aromatic carbocycles. The molecule has 3 aliphatic heterocycles. The van der Waals surface area contributed by atoms with E-state index in [9.17, 15) is 14.7 Å². The number of likely N-dealkylation sites (tertiary alicyclic amines) is 1. The molecule has 1 atom stereocenters. The predicted octanol–water partition coefficient (Wildman–Crippen LogP) is 8.60. The summed E-state index contributed by atoms with van der Waals surface area (Å²) in [5.41, 5.74) is 4.73. The van der Waals surface area contributed by atoms with E-state index in [1.54, 1.807) is 28.4 Å². The van der Waals surface area contributed by atoms with E-state index in [0.29, 0.717) is 31.0 Å². The van der Waals surface area contributed by atoms with Gasteiger partial charge in [0.15, 0.2) is 5.75 Å². The van der Waals surface area contributed by atoms with E-state index in [-0.39, 0.29) is 17.8 Å². The maximum Gasteiger partial charge on any atom is 0.255 e. The van der Waals surface area contributed by atoms with E-state index >= 15 is 0 Å². The fourth-order valence-corrected chi connectivity index (χ4v) is 9.08. The number of hydrogen-bond donors (Lipinski definition) is 2. The second-order valence-corrected chi connectivity index (χ2v) is 16.3. The Balaban J connectivity index is 0.829. The van der Waals surface area contributed by atoms with Gasteiger partial charge in [-0.3, -0.25) is 9.69 Å². The van der Waals surface area contributed by atoms with Gasteiger partial charge in [0.05, 0.1) is 10.9 Å². The van der Waals surface area contributed by atoms with Crippen molar-refractivity contribution in [1.29, 1.82) is 0 Å². The molecule has 2 saturated heterocycles. The second kappa shape index (κ2) is 15.5. The largest absolute Gasteiger partial charge is 0.508 e. The van der Waals surface area contributed by atoms with Gasteiger partial charge < -0.3 is 34.5 Å². The molecule has 5 aromatic rings. The van der Waals surface area contributed by atoms with Crippen LogP contribution in [0.4, 0.5) is 5.69 Å². The SMILES string of the molecule is C=C(CCC(C=O)N1Cc2cc(N3CC(N4CCC(Oc5ccc(Oc6c(-c7ccc(Br)cc7)sc7cc(O)ccc67)cc5)CC4)C3)ccc2C1=O)NC. The van der Waals surface area contributed by atoms with Crippen LogP contribution in [0.2, 0.25) is 0 Å². The first-order chi connectivity index (χ1) is 26.3. The molecule has 0 bridgehead atoms. The Kier molecular flexibility index (Phi) is 10.4. The number of phenols is 1. The standard InChI is InChI=1S/C43H43BrN4O5S/c1-27(45-2)3-8-32(26-49)48-23-29-21-31(9-15-38(29)43(48)51)47-24-33(25-47)46-19-17-37(18-20-46)52-35-11-13-36(14-12-35)53-41-39-16-10-34(50)22-40(39)54-42(41)28-4-6-30(44)7-5-28/h4-7,9-16,21-22,26,32-33,37,45,50H,1,3,8,17-20,23-25H2,2H3. The quantitative estimate of drug-likeness (QED) is 0.114. The van der Waals surface area contributed by atoms with E-state index in [4.69, 9.17) is 9.47 Å². The van der Waals surface area contributed by atoms with Crippen LogP contribution >= 0.6 is 27.3 Å². The van der Waals surface area contributed by atoms with Crippen molar-refractivity contribution in [2.45, 2.75) is 50.4 Å². The number of thiophene rings is 1. The van der Waals surface area contributed by atoms with Gasteiger partial charge >= 0.3 is 0 Å². The van der Waals surface area contributed by atoms with Gasteiger partial charge in [-0.1, -0.05) is 34.6 Å². The molecular weight excluding hydrogens is 764 g/mol. The molecule has 3 aliphatic rings. The lowest BCUT2D eigenvalue weighted by molar-refractivity contribution is -0.112. The monoisotopic (exact) mass is 806 g/mol. The van der Waals surface area contributed by atoms with E-state index in [0.717, 1.165) is 105 Å². The number of benzene rings is 4. The zero-order valence-corrected chi connectivity index (χ0v) is 32.6. The van der Waals surface area contributed by atoms with Crippen molar-refractivity contribution in [3.63, 3.8) is 0 Å². The molecule has 9 nitrogen and oxygen atoms in total. The summed E-state index contributed by atoms with van der Waals surface area (Å²) < 4.78 is 14.9. The highest BCUT2D eigenvalue weighted by Crippen LogP contribution is 2.47. The summed E-state index contributed by atoms with van der Waals surface area (Å²) in [6, 6.07) is 27.6. The molecule has 11 heteroatoms. The number of allylic oxidation sites excluding steroid dienone is 1. The van der Waals surface area contributed by atoms with E-state index in [1.165, 1.54) is 0 Å². The third kappa shape index (κ3) is 7.45. The minimum atomic E-state index is -0.459. The van der Waals surface area contributed by atoms with E-state index in [2.05, 4.69) is 55.8 Å². The summed E-state index contributed by atoms with van der Waals surface area (Å²) in [4.78, 5) is 32.7. The summed E-state index contributed by atoms with van der Waals surface area (Å²) in [7, 11) is 1.82. The number of amides is 1. The molecule has 1 aromatic heterocycles. The van der Waals surface area contributed by atoms with E-state index < -0.39 is 6.04 Å². The number of phenolic OH excluding ortho intramolecular Hbond substituents is 1. The maximum absolute atomic E-state index is 13.1. The molecule has 2 N–H and O–H groups in total. The number of piperidine rings is 1. The summed E-state index contributed by atoms with van der Waals surface area (Å²) in [6.45, 7) is 8.30. The van der Waals surface area contributed by atoms with Gasteiger partial charge in [-0.05, 0) is 110 Å². The molecule has 0 spiro atoms. The zero-order valence-electron chi connectivity index (χ0n) is 30.2. The smallest absolute Gasteiger partial charge is 0.255 e. The Hall–Kier alpha value is -4.84. The van der Waals surface area contributed by atoms with Crippen LogP contribution in [-0.2, 0) is 11.3 Å². The molecule has 278 valence electrons. The summed E-state index contributed by atoms with van der Waals surface area (Å²) in [6.07, 6.45) is 4.18. The van der Waals surface area contributed by atoms with Gasteiger partial charge in [-0.15, -0.1) is 11.3 Å². The maximum atomic E-state index is 13.1.